The number of benzene rings is 4. The lowest BCUT2D eigenvalue weighted by molar-refractivity contribution is 0.0939. The van der Waals surface area contributed by atoms with Gasteiger partial charge in [-0.1, -0.05) is 0 Å². The molecular weight excluding hydrogens is 737 g/mol. The van der Waals surface area contributed by atoms with E-state index in [9.17, 15) is 19.2 Å². The first-order valence-corrected chi connectivity index (χ1v) is 19.6. The first-order chi connectivity index (χ1) is 27.9. The van der Waals surface area contributed by atoms with E-state index >= 15 is 0 Å². The maximum absolute atomic E-state index is 13.3. The van der Waals surface area contributed by atoms with Crippen LogP contribution in [0.5, 0.6) is 11.5 Å². The van der Waals surface area contributed by atoms with Crippen LogP contribution in [0.1, 0.15) is 80.0 Å². The minimum Gasteiger partial charge on any atom is -0.493 e. The second-order valence-corrected chi connectivity index (χ2v) is 14.5. The Hall–Kier alpha value is -6.12. The molecule has 0 unspecified atom stereocenters. The van der Waals surface area contributed by atoms with Gasteiger partial charge in [0.15, 0.2) is 0 Å². The maximum atomic E-state index is 13.3. The Morgan fingerprint density at radius 2 is 0.879 bits per heavy atom. The molecule has 0 atom stereocenters. The fourth-order valence-corrected chi connectivity index (χ4v) is 5.80. The number of nitrogens with two attached hydrogens (primary N) is 2. The Balaban J connectivity index is 1.30. The number of ether oxygens (including phenoxy) is 2. The predicted octanol–water partition coefficient (Wildman–Crippen LogP) is 5.74. The van der Waals surface area contributed by atoms with Crippen LogP contribution >= 0.6 is 0 Å². The zero-order valence-electron chi connectivity index (χ0n) is 34.1. The molecule has 0 radical (unpaired) electrons. The quantitative estimate of drug-likeness (QED) is 0.0399. The van der Waals surface area contributed by atoms with Crippen molar-refractivity contribution in [1.82, 2.24) is 20.4 Å². The van der Waals surface area contributed by atoms with Crippen molar-refractivity contribution in [3.63, 3.8) is 0 Å². The zero-order chi connectivity index (χ0) is 41.9. The van der Waals surface area contributed by atoms with Gasteiger partial charge in [0.1, 0.15) is 11.5 Å². The third-order valence-electron chi connectivity index (χ3n) is 9.00. The van der Waals surface area contributed by atoms with Crippen molar-refractivity contribution >= 4 is 46.4 Å². The average molecular weight is 795 g/mol. The third kappa shape index (κ3) is 15.1. The molecule has 0 aromatic heterocycles. The van der Waals surface area contributed by atoms with Gasteiger partial charge in [-0.3, -0.25) is 19.2 Å². The summed E-state index contributed by atoms with van der Waals surface area (Å²) in [5, 5.41) is 11.6. The van der Waals surface area contributed by atoms with Gasteiger partial charge in [-0.25, -0.2) is 0 Å². The first kappa shape index (κ1) is 44.6. The van der Waals surface area contributed by atoms with Gasteiger partial charge in [0.25, 0.3) is 23.6 Å². The van der Waals surface area contributed by atoms with E-state index in [0.29, 0.717) is 82.8 Å². The number of anilines is 4. The van der Waals surface area contributed by atoms with Gasteiger partial charge >= 0.3 is 0 Å². The van der Waals surface area contributed by atoms with Crippen molar-refractivity contribution in [1.29, 1.82) is 0 Å². The lowest BCUT2D eigenvalue weighted by Crippen LogP contribution is -2.27. The fraction of sp³-hybridized carbons (Fsp3) is 0.364. The van der Waals surface area contributed by atoms with Crippen molar-refractivity contribution < 1.29 is 28.7 Å². The molecular formula is C44H58N8O6. The van der Waals surface area contributed by atoms with Crippen molar-refractivity contribution in [3.05, 3.63) is 107 Å². The molecule has 0 fully saturated rings. The molecule has 14 heteroatoms. The van der Waals surface area contributed by atoms with E-state index in [1.807, 2.05) is 28.2 Å². The average Bonchev–Trinajstić information content (AvgIpc) is 3.20. The van der Waals surface area contributed by atoms with Crippen LogP contribution in [0.4, 0.5) is 22.7 Å². The SMILES string of the molecule is CN(C)CCCNC(=O)c1cc(NC(=O)c2ccc(N)cc2)ccc1OCCCCCCOc1ccc(NC(=O)c2ccc(N)cc2)cc1C(=O)NCCCN(C)C. The molecule has 4 aromatic carbocycles. The highest BCUT2D eigenvalue weighted by atomic mass is 16.5. The number of nitrogens with zero attached hydrogens (tertiary/aromatic N) is 2. The smallest absolute Gasteiger partial charge is 0.255 e. The van der Waals surface area contributed by atoms with Crippen molar-refractivity contribution in [3.8, 4) is 11.5 Å². The molecule has 0 aliphatic heterocycles. The number of carbonyl (C=O) groups is 4. The molecule has 0 aliphatic carbocycles. The molecule has 0 saturated heterocycles. The van der Waals surface area contributed by atoms with Crippen LogP contribution in [0, 0.1) is 0 Å². The molecule has 4 aromatic rings. The number of unbranched alkanes of at least 4 members (excludes halogenated alkanes) is 3. The second-order valence-electron chi connectivity index (χ2n) is 14.5. The van der Waals surface area contributed by atoms with Crippen LogP contribution in [0.25, 0.3) is 0 Å². The van der Waals surface area contributed by atoms with Gasteiger partial charge in [0.05, 0.1) is 24.3 Å². The van der Waals surface area contributed by atoms with Gasteiger partial charge in [0, 0.05) is 47.0 Å². The summed E-state index contributed by atoms with van der Waals surface area (Å²) in [4.78, 5) is 56.4. The summed E-state index contributed by atoms with van der Waals surface area (Å²) >= 11 is 0. The van der Waals surface area contributed by atoms with Crippen molar-refractivity contribution in [2.45, 2.75) is 38.5 Å². The lowest BCUT2D eigenvalue weighted by atomic mass is 10.1. The van der Waals surface area contributed by atoms with Crippen LogP contribution in [-0.2, 0) is 0 Å². The summed E-state index contributed by atoms with van der Waals surface area (Å²) in [5.74, 6) is -0.345. The van der Waals surface area contributed by atoms with Gasteiger partial charge in [-0.15, -0.1) is 0 Å². The molecule has 310 valence electrons. The monoisotopic (exact) mass is 794 g/mol. The first-order valence-electron chi connectivity index (χ1n) is 19.6. The van der Waals surface area contributed by atoms with Crippen molar-refractivity contribution in [2.75, 3.05) is 89.7 Å². The van der Waals surface area contributed by atoms with E-state index in [0.717, 1.165) is 51.6 Å². The molecule has 8 N–H and O–H groups in total. The Labute approximate surface area is 341 Å². The third-order valence-corrected chi connectivity index (χ3v) is 9.00. The summed E-state index contributed by atoms with van der Waals surface area (Å²) in [5.41, 5.74) is 15.1. The number of nitrogen functional groups attached to an aromatic ring is 2. The summed E-state index contributed by atoms with van der Waals surface area (Å²) in [6.07, 6.45) is 4.74. The van der Waals surface area contributed by atoms with Gasteiger partial charge in [-0.05, 0) is 165 Å². The molecule has 0 spiro atoms. The molecule has 4 rings (SSSR count). The predicted molar refractivity (Wildman–Crippen MR) is 231 cm³/mol. The van der Waals surface area contributed by atoms with E-state index in [1.165, 1.54) is 0 Å². The number of nitrogens with one attached hydrogen (secondary N) is 4. The highest BCUT2D eigenvalue weighted by Crippen LogP contribution is 2.26. The number of amides is 4. The standard InChI is InChI=1S/C44H58N8O6/c1-51(2)25-9-23-47-43(55)37-29-35(49-41(53)31-11-15-33(45)16-12-31)19-21-39(37)57-27-7-5-6-8-28-58-40-22-20-36(50-42(54)32-13-17-34(46)18-14-32)30-38(40)44(56)48-24-10-26-52(3)4/h11-22,29-30H,5-10,23-28,45-46H2,1-4H3,(H,47,55)(H,48,56)(H,49,53)(H,50,54). The summed E-state index contributed by atoms with van der Waals surface area (Å²) in [6.45, 7) is 3.43. The highest BCUT2D eigenvalue weighted by molar-refractivity contribution is 6.06. The molecule has 0 bridgehead atoms. The Morgan fingerprint density at radius 3 is 1.24 bits per heavy atom. The maximum Gasteiger partial charge on any atom is 0.255 e. The van der Waals surface area contributed by atoms with Crippen LogP contribution in [0.3, 0.4) is 0 Å². The van der Waals surface area contributed by atoms with E-state index in [1.54, 1.807) is 84.9 Å². The molecule has 0 saturated carbocycles. The van der Waals surface area contributed by atoms with Crippen LogP contribution in [-0.4, -0.2) is 101 Å². The van der Waals surface area contributed by atoms with E-state index in [-0.39, 0.29) is 23.6 Å². The second kappa shape index (κ2) is 23.2. The molecule has 58 heavy (non-hydrogen) atoms. The molecule has 0 aliphatic rings. The summed E-state index contributed by atoms with van der Waals surface area (Å²) in [7, 11) is 7.92. The summed E-state index contributed by atoms with van der Waals surface area (Å²) in [6, 6.07) is 23.3. The molecule has 14 nitrogen and oxygen atoms in total. The van der Waals surface area contributed by atoms with Crippen LogP contribution < -0.4 is 42.2 Å². The highest BCUT2D eigenvalue weighted by Gasteiger charge is 2.17. The Morgan fingerprint density at radius 1 is 0.500 bits per heavy atom. The Kier molecular flexibility index (Phi) is 17.8. The zero-order valence-corrected chi connectivity index (χ0v) is 34.1. The fourth-order valence-electron chi connectivity index (χ4n) is 5.80. The number of hydrogen-bond donors (Lipinski definition) is 6. The van der Waals surface area contributed by atoms with Crippen LogP contribution in [0.15, 0.2) is 84.9 Å². The normalized spacial score (nSPS) is 10.9. The minimum atomic E-state index is -0.318. The van der Waals surface area contributed by atoms with Gasteiger partial charge in [-0.2, -0.15) is 0 Å². The van der Waals surface area contributed by atoms with E-state index in [4.69, 9.17) is 20.9 Å². The number of carbonyl (C=O) groups excluding carboxylic acids is 4. The summed E-state index contributed by atoms with van der Waals surface area (Å²) < 4.78 is 12.2. The lowest BCUT2D eigenvalue weighted by Gasteiger charge is -2.15. The number of hydrogen-bond acceptors (Lipinski definition) is 10. The van der Waals surface area contributed by atoms with Crippen molar-refractivity contribution in [2.24, 2.45) is 0 Å². The largest absolute Gasteiger partial charge is 0.493 e. The van der Waals surface area contributed by atoms with E-state index in [2.05, 4.69) is 31.1 Å². The van der Waals surface area contributed by atoms with Gasteiger partial charge in [0.2, 0.25) is 0 Å². The molecule has 4 amide bonds. The Bertz CT molecular complexity index is 1810. The van der Waals surface area contributed by atoms with Crippen LogP contribution in [0.2, 0.25) is 0 Å². The topological polar surface area (TPSA) is 193 Å². The molecule has 0 heterocycles. The van der Waals surface area contributed by atoms with E-state index < -0.39 is 0 Å². The van der Waals surface area contributed by atoms with Gasteiger partial charge < -0.3 is 52.0 Å². The minimum absolute atomic E-state index is 0.284. The number of rotatable bonds is 23.